The van der Waals surface area contributed by atoms with E-state index in [0.717, 1.165) is 24.2 Å². The number of aliphatic hydroxyl groups excluding tert-OH is 1. The highest BCUT2D eigenvalue weighted by Gasteiger charge is 2.14. The molecule has 1 unspecified atom stereocenters. The number of aliphatic hydroxyl groups is 1. The summed E-state index contributed by atoms with van der Waals surface area (Å²) in [6.07, 6.45) is 2.33. The zero-order chi connectivity index (χ0) is 13.8. The average Bonchev–Trinajstić information content (AvgIpc) is 2.83. The molecule has 0 amide bonds. The van der Waals surface area contributed by atoms with Crippen molar-refractivity contribution in [2.45, 2.75) is 32.4 Å². The summed E-state index contributed by atoms with van der Waals surface area (Å²) >= 11 is 5.73. The van der Waals surface area contributed by atoms with Crippen LogP contribution in [0.25, 0.3) is 0 Å². The maximum Gasteiger partial charge on any atom is 0.141 e. The lowest BCUT2D eigenvalue weighted by Crippen LogP contribution is -2.11. The molecule has 0 saturated heterocycles. The standard InChI is InChI=1S/C14H16ClFN2O/c1-2-7-18-13(5-6-17-18)14(19)9-10-3-4-12(16)11(15)8-10/h3-6,8,14,19H,2,7,9H2,1H3. The summed E-state index contributed by atoms with van der Waals surface area (Å²) in [5.41, 5.74) is 1.56. The van der Waals surface area contributed by atoms with Crippen LogP contribution in [0, 0.1) is 5.82 Å². The van der Waals surface area contributed by atoms with Gasteiger partial charge in [-0.15, -0.1) is 0 Å². The zero-order valence-electron chi connectivity index (χ0n) is 10.7. The van der Waals surface area contributed by atoms with Crippen LogP contribution in [0.3, 0.4) is 0 Å². The van der Waals surface area contributed by atoms with Gasteiger partial charge < -0.3 is 5.11 Å². The van der Waals surface area contributed by atoms with E-state index in [0.29, 0.717) is 6.42 Å². The van der Waals surface area contributed by atoms with E-state index in [1.165, 1.54) is 6.07 Å². The molecule has 5 heteroatoms. The fourth-order valence-electron chi connectivity index (χ4n) is 2.02. The molecular weight excluding hydrogens is 267 g/mol. The van der Waals surface area contributed by atoms with Crippen LogP contribution >= 0.6 is 11.6 Å². The van der Waals surface area contributed by atoms with Crippen LogP contribution in [0.1, 0.15) is 30.7 Å². The molecule has 1 heterocycles. The van der Waals surface area contributed by atoms with Crippen LogP contribution in [0.5, 0.6) is 0 Å². The number of rotatable bonds is 5. The molecule has 1 N–H and O–H groups in total. The highest BCUT2D eigenvalue weighted by atomic mass is 35.5. The molecule has 102 valence electrons. The third kappa shape index (κ3) is 3.33. The van der Waals surface area contributed by atoms with Crippen molar-refractivity contribution >= 4 is 11.6 Å². The molecule has 0 aliphatic carbocycles. The molecule has 1 atom stereocenters. The van der Waals surface area contributed by atoms with Crippen LogP contribution < -0.4 is 0 Å². The topological polar surface area (TPSA) is 38.0 Å². The Balaban J connectivity index is 2.13. The highest BCUT2D eigenvalue weighted by Crippen LogP contribution is 2.22. The van der Waals surface area contributed by atoms with Gasteiger partial charge in [0, 0.05) is 19.2 Å². The Hall–Kier alpha value is -1.39. The van der Waals surface area contributed by atoms with Crippen molar-refractivity contribution in [3.8, 4) is 0 Å². The van der Waals surface area contributed by atoms with Crippen LogP contribution in [0.15, 0.2) is 30.5 Å². The van der Waals surface area contributed by atoms with Crippen molar-refractivity contribution < 1.29 is 9.50 Å². The summed E-state index contributed by atoms with van der Waals surface area (Å²) in [6.45, 7) is 2.82. The van der Waals surface area contributed by atoms with Gasteiger partial charge in [0.15, 0.2) is 0 Å². The first-order valence-corrected chi connectivity index (χ1v) is 6.63. The van der Waals surface area contributed by atoms with Gasteiger partial charge in [-0.1, -0.05) is 24.6 Å². The molecule has 1 aromatic carbocycles. The van der Waals surface area contributed by atoms with E-state index in [-0.39, 0.29) is 5.02 Å². The SMILES string of the molecule is CCCn1nccc1C(O)Cc1ccc(F)c(Cl)c1. The van der Waals surface area contributed by atoms with Gasteiger partial charge in [0.25, 0.3) is 0 Å². The smallest absolute Gasteiger partial charge is 0.141 e. The molecule has 0 aliphatic rings. The molecule has 0 aliphatic heterocycles. The lowest BCUT2D eigenvalue weighted by Gasteiger charge is -2.13. The summed E-state index contributed by atoms with van der Waals surface area (Å²) < 4.78 is 14.9. The van der Waals surface area contributed by atoms with Crippen molar-refractivity contribution in [1.29, 1.82) is 0 Å². The van der Waals surface area contributed by atoms with Crippen molar-refractivity contribution in [2.24, 2.45) is 0 Å². The number of halogens is 2. The zero-order valence-corrected chi connectivity index (χ0v) is 11.4. The second-order valence-electron chi connectivity index (χ2n) is 4.45. The predicted molar refractivity (Wildman–Crippen MR) is 72.6 cm³/mol. The summed E-state index contributed by atoms with van der Waals surface area (Å²) in [5, 5.41) is 14.5. The van der Waals surface area contributed by atoms with Crippen molar-refractivity contribution in [1.82, 2.24) is 9.78 Å². The molecule has 0 spiro atoms. The molecule has 0 saturated carbocycles. The summed E-state index contributed by atoms with van der Waals surface area (Å²) in [6, 6.07) is 6.28. The lowest BCUT2D eigenvalue weighted by molar-refractivity contribution is 0.166. The van der Waals surface area contributed by atoms with E-state index in [9.17, 15) is 9.50 Å². The minimum absolute atomic E-state index is 0.0757. The molecule has 0 bridgehead atoms. The third-order valence-corrected chi connectivity index (χ3v) is 3.23. The Morgan fingerprint density at radius 3 is 2.89 bits per heavy atom. The monoisotopic (exact) mass is 282 g/mol. The Kier molecular flexibility index (Phi) is 4.56. The fourth-order valence-corrected chi connectivity index (χ4v) is 2.22. The Morgan fingerprint density at radius 1 is 1.42 bits per heavy atom. The van der Waals surface area contributed by atoms with Gasteiger partial charge in [-0.05, 0) is 30.2 Å². The van der Waals surface area contributed by atoms with Gasteiger partial charge >= 0.3 is 0 Å². The molecule has 3 nitrogen and oxygen atoms in total. The summed E-state index contributed by atoms with van der Waals surface area (Å²) in [7, 11) is 0. The van der Waals surface area contributed by atoms with Crippen LogP contribution in [0.4, 0.5) is 4.39 Å². The molecule has 1 aromatic heterocycles. The fraction of sp³-hybridized carbons (Fsp3) is 0.357. The number of aryl methyl sites for hydroxylation is 1. The number of hydrogen-bond donors (Lipinski definition) is 1. The minimum atomic E-state index is -0.671. The van der Waals surface area contributed by atoms with E-state index >= 15 is 0 Å². The predicted octanol–water partition coefficient (Wildman–Crippen LogP) is 3.36. The van der Waals surface area contributed by atoms with Gasteiger partial charge in [0.05, 0.1) is 16.8 Å². The van der Waals surface area contributed by atoms with E-state index < -0.39 is 11.9 Å². The Morgan fingerprint density at radius 2 is 2.21 bits per heavy atom. The van der Waals surface area contributed by atoms with E-state index in [4.69, 9.17) is 11.6 Å². The lowest BCUT2D eigenvalue weighted by atomic mass is 10.1. The molecule has 0 radical (unpaired) electrons. The Bertz CT molecular complexity index is 556. The molecular formula is C14H16ClFN2O. The van der Waals surface area contributed by atoms with Crippen molar-refractivity contribution in [3.05, 3.63) is 52.6 Å². The van der Waals surface area contributed by atoms with E-state index in [2.05, 4.69) is 12.0 Å². The number of nitrogens with zero attached hydrogens (tertiary/aromatic N) is 2. The second-order valence-corrected chi connectivity index (χ2v) is 4.85. The summed E-state index contributed by atoms with van der Waals surface area (Å²) in [5.74, 6) is -0.448. The first kappa shape index (κ1) is 14.0. The van der Waals surface area contributed by atoms with E-state index in [1.54, 1.807) is 29.1 Å². The average molecular weight is 283 g/mol. The maximum absolute atomic E-state index is 13.1. The quantitative estimate of drug-likeness (QED) is 0.913. The first-order valence-electron chi connectivity index (χ1n) is 6.25. The molecule has 0 fully saturated rings. The van der Waals surface area contributed by atoms with Crippen LogP contribution in [-0.4, -0.2) is 14.9 Å². The third-order valence-electron chi connectivity index (χ3n) is 2.94. The van der Waals surface area contributed by atoms with Crippen molar-refractivity contribution in [3.63, 3.8) is 0 Å². The van der Waals surface area contributed by atoms with Gasteiger partial charge in [-0.25, -0.2) is 4.39 Å². The van der Waals surface area contributed by atoms with Crippen LogP contribution in [0.2, 0.25) is 5.02 Å². The number of aromatic nitrogens is 2. The van der Waals surface area contributed by atoms with Gasteiger partial charge in [-0.3, -0.25) is 4.68 Å². The molecule has 2 rings (SSSR count). The van der Waals surface area contributed by atoms with Crippen LogP contribution in [-0.2, 0) is 13.0 Å². The Labute approximate surface area is 116 Å². The summed E-state index contributed by atoms with van der Waals surface area (Å²) in [4.78, 5) is 0. The second kappa shape index (κ2) is 6.17. The van der Waals surface area contributed by atoms with Crippen molar-refractivity contribution in [2.75, 3.05) is 0 Å². The van der Waals surface area contributed by atoms with Gasteiger partial charge in [-0.2, -0.15) is 5.10 Å². The largest absolute Gasteiger partial charge is 0.386 e. The highest BCUT2D eigenvalue weighted by molar-refractivity contribution is 6.30. The van der Waals surface area contributed by atoms with Gasteiger partial charge in [0.2, 0.25) is 0 Å². The normalized spacial score (nSPS) is 12.6. The molecule has 2 aromatic rings. The minimum Gasteiger partial charge on any atom is -0.386 e. The maximum atomic E-state index is 13.1. The number of benzene rings is 1. The van der Waals surface area contributed by atoms with Gasteiger partial charge in [0.1, 0.15) is 5.82 Å². The number of hydrogen-bond acceptors (Lipinski definition) is 2. The first-order chi connectivity index (χ1) is 9.11. The van der Waals surface area contributed by atoms with E-state index in [1.807, 2.05) is 0 Å². The molecule has 19 heavy (non-hydrogen) atoms.